The van der Waals surface area contributed by atoms with E-state index in [1.807, 2.05) is 0 Å². The number of aliphatic hydroxyl groups excluding tert-OH is 1. The Morgan fingerprint density at radius 2 is 2.20 bits per heavy atom. The lowest BCUT2D eigenvalue weighted by Gasteiger charge is -2.25. The van der Waals surface area contributed by atoms with Crippen LogP contribution in [0.25, 0.3) is 0 Å². The fourth-order valence-electron chi connectivity index (χ4n) is 2.51. The van der Waals surface area contributed by atoms with Crippen LogP contribution in [0.1, 0.15) is 39.5 Å². The third-order valence-electron chi connectivity index (χ3n) is 3.66. The summed E-state index contributed by atoms with van der Waals surface area (Å²) >= 11 is 1.76. The van der Waals surface area contributed by atoms with Gasteiger partial charge in [-0.15, -0.1) is 0 Å². The van der Waals surface area contributed by atoms with Crippen LogP contribution in [0, 0.1) is 5.92 Å². The Morgan fingerprint density at radius 1 is 1.47 bits per heavy atom. The molecule has 4 unspecified atom stereocenters. The molecule has 1 rings (SSSR count). The number of hydrogen-bond donors (Lipinski definition) is 2. The topological polar surface area (TPSA) is 32.3 Å². The van der Waals surface area contributed by atoms with Gasteiger partial charge in [0.25, 0.3) is 0 Å². The molecule has 1 saturated carbocycles. The Balaban J connectivity index is 2.29. The first-order valence-electron chi connectivity index (χ1n) is 6.10. The summed E-state index contributed by atoms with van der Waals surface area (Å²) in [5.74, 6) is 0.927. The van der Waals surface area contributed by atoms with Crippen molar-refractivity contribution < 1.29 is 5.11 Å². The molecule has 0 aromatic carbocycles. The summed E-state index contributed by atoms with van der Waals surface area (Å²) in [5.41, 5.74) is 0. The first-order valence-corrected chi connectivity index (χ1v) is 7.39. The highest BCUT2D eigenvalue weighted by molar-refractivity contribution is 7.99. The highest BCUT2D eigenvalue weighted by Gasteiger charge is 2.26. The molecular formula is C12H25NOS. The maximum atomic E-state index is 9.21. The van der Waals surface area contributed by atoms with Crippen LogP contribution in [0.2, 0.25) is 0 Å². The lowest BCUT2D eigenvalue weighted by molar-refractivity contribution is 0.269. The molecule has 0 aromatic rings. The van der Waals surface area contributed by atoms with E-state index in [1.54, 1.807) is 11.8 Å². The van der Waals surface area contributed by atoms with Crippen LogP contribution >= 0.6 is 11.8 Å². The second kappa shape index (κ2) is 6.77. The van der Waals surface area contributed by atoms with Crippen molar-refractivity contribution >= 4 is 11.8 Å². The first-order chi connectivity index (χ1) is 7.21. The quantitative estimate of drug-likeness (QED) is 0.735. The Morgan fingerprint density at radius 3 is 2.67 bits per heavy atom. The molecule has 4 atom stereocenters. The van der Waals surface area contributed by atoms with E-state index in [0.29, 0.717) is 17.3 Å². The molecule has 2 nitrogen and oxygen atoms in total. The molecule has 0 amide bonds. The van der Waals surface area contributed by atoms with Crippen molar-refractivity contribution in [1.82, 2.24) is 5.32 Å². The summed E-state index contributed by atoms with van der Waals surface area (Å²) in [5, 5.41) is 13.2. The van der Waals surface area contributed by atoms with Crippen molar-refractivity contribution in [2.24, 2.45) is 5.92 Å². The van der Waals surface area contributed by atoms with Crippen LogP contribution in [0.3, 0.4) is 0 Å². The van der Waals surface area contributed by atoms with Gasteiger partial charge in [0.2, 0.25) is 0 Å². The summed E-state index contributed by atoms with van der Waals surface area (Å²) < 4.78 is 0. The van der Waals surface area contributed by atoms with Crippen molar-refractivity contribution in [3.8, 4) is 0 Å². The van der Waals surface area contributed by atoms with Crippen LogP contribution in [-0.4, -0.2) is 35.3 Å². The second-order valence-electron chi connectivity index (χ2n) is 4.70. The average Bonchev–Trinajstić information content (AvgIpc) is 2.67. The zero-order valence-corrected chi connectivity index (χ0v) is 11.0. The number of rotatable bonds is 6. The van der Waals surface area contributed by atoms with Crippen molar-refractivity contribution in [2.45, 2.75) is 56.9 Å². The zero-order chi connectivity index (χ0) is 11.3. The van der Waals surface area contributed by atoms with E-state index >= 15 is 0 Å². The highest BCUT2D eigenvalue weighted by atomic mass is 32.2. The highest BCUT2D eigenvalue weighted by Crippen LogP contribution is 2.28. The van der Waals surface area contributed by atoms with Gasteiger partial charge in [0.05, 0.1) is 6.61 Å². The van der Waals surface area contributed by atoms with Crippen molar-refractivity contribution in [3.05, 3.63) is 0 Å². The van der Waals surface area contributed by atoms with Gasteiger partial charge in [-0.25, -0.2) is 0 Å². The molecule has 0 bridgehead atoms. The van der Waals surface area contributed by atoms with Crippen molar-refractivity contribution in [3.63, 3.8) is 0 Å². The van der Waals surface area contributed by atoms with E-state index in [-0.39, 0.29) is 6.61 Å². The van der Waals surface area contributed by atoms with Gasteiger partial charge < -0.3 is 10.4 Å². The summed E-state index contributed by atoms with van der Waals surface area (Å²) in [7, 11) is 0. The van der Waals surface area contributed by atoms with E-state index in [2.05, 4.69) is 25.4 Å². The molecular weight excluding hydrogens is 206 g/mol. The lowest BCUT2D eigenvalue weighted by atomic mass is 10.1. The molecule has 1 aliphatic carbocycles. The zero-order valence-electron chi connectivity index (χ0n) is 10.2. The number of hydrogen-bond acceptors (Lipinski definition) is 3. The Kier molecular flexibility index (Phi) is 6.02. The van der Waals surface area contributed by atoms with Gasteiger partial charge in [0, 0.05) is 17.3 Å². The number of aliphatic hydroxyl groups is 1. The van der Waals surface area contributed by atoms with Gasteiger partial charge in [-0.05, 0) is 38.4 Å². The van der Waals surface area contributed by atoms with Crippen LogP contribution in [0.15, 0.2) is 0 Å². The summed E-state index contributed by atoms with van der Waals surface area (Å²) in [6.45, 7) is 4.75. The molecule has 3 heteroatoms. The SMILES string of the molecule is CCC1CCC(NC(C)C(CO)SC)C1. The van der Waals surface area contributed by atoms with Crippen molar-refractivity contribution in [1.29, 1.82) is 0 Å². The van der Waals surface area contributed by atoms with Crippen LogP contribution in [-0.2, 0) is 0 Å². The van der Waals surface area contributed by atoms with Crippen LogP contribution < -0.4 is 5.32 Å². The largest absolute Gasteiger partial charge is 0.395 e. The Hall–Kier alpha value is 0.270. The molecule has 0 aliphatic heterocycles. The normalized spacial score (nSPS) is 30.4. The lowest BCUT2D eigenvalue weighted by Crippen LogP contribution is -2.42. The van der Waals surface area contributed by atoms with Gasteiger partial charge in [0.15, 0.2) is 0 Å². The summed E-state index contributed by atoms with van der Waals surface area (Å²) in [6.07, 6.45) is 7.41. The van der Waals surface area contributed by atoms with E-state index in [9.17, 15) is 5.11 Å². The maximum Gasteiger partial charge on any atom is 0.0564 e. The summed E-state index contributed by atoms with van der Waals surface area (Å²) in [4.78, 5) is 0. The predicted molar refractivity (Wildman–Crippen MR) is 68.4 cm³/mol. The van der Waals surface area contributed by atoms with Gasteiger partial charge >= 0.3 is 0 Å². The van der Waals surface area contributed by atoms with Gasteiger partial charge in [-0.1, -0.05) is 13.3 Å². The fourth-order valence-corrected chi connectivity index (χ4v) is 3.15. The average molecular weight is 231 g/mol. The standard InChI is InChI=1S/C12H25NOS/c1-4-10-5-6-11(7-10)13-9(2)12(8-14)15-3/h9-14H,4-8H2,1-3H3. The molecule has 1 aliphatic rings. The van der Waals surface area contributed by atoms with Crippen LogP contribution in [0.5, 0.6) is 0 Å². The third kappa shape index (κ3) is 3.97. The van der Waals surface area contributed by atoms with E-state index in [1.165, 1.54) is 25.7 Å². The maximum absolute atomic E-state index is 9.21. The predicted octanol–water partition coefficient (Wildman–Crippen LogP) is 2.27. The molecule has 0 heterocycles. The van der Waals surface area contributed by atoms with Crippen LogP contribution in [0.4, 0.5) is 0 Å². The Bertz CT molecular complexity index is 173. The van der Waals surface area contributed by atoms with E-state index in [0.717, 1.165) is 5.92 Å². The molecule has 0 saturated heterocycles. The number of nitrogens with one attached hydrogen (secondary N) is 1. The van der Waals surface area contributed by atoms with E-state index in [4.69, 9.17) is 0 Å². The minimum Gasteiger partial charge on any atom is -0.395 e. The molecule has 1 fully saturated rings. The minimum atomic E-state index is 0.277. The monoisotopic (exact) mass is 231 g/mol. The van der Waals surface area contributed by atoms with Crippen molar-refractivity contribution in [2.75, 3.05) is 12.9 Å². The molecule has 90 valence electrons. The summed E-state index contributed by atoms with van der Waals surface area (Å²) in [6, 6.07) is 1.11. The van der Waals surface area contributed by atoms with Gasteiger partial charge in [0.1, 0.15) is 0 Å². The molecule has 15 heavy (non-hydrogen) atoms. The number of thioether (sulfide) groups is 1. The molecule has 2 N–H and O–H groups in total. The third-order valence-corrected chi connectivity index (χ3v) is 4.82. The molecule has 0 spiro atoms. The Labute approximate surface area is 98.2 Å². The molecule has 0 aromatic heterocycles. The second-order valence-corrected chi connectivity index (χ2v) is 5.77. The minimum absolute atomic E-state index is 0.277. The fraction of sp³-hybridized carbons (Fsp3) is 1.00. The molecule has 0 radical (unpaired) electrons. The first kappa shape index (κ1) is 13.3. The van der Waals surface area contributed by atoms with E-state index < -0.39 is 0 Å². The van der Waals surface area contributed by atoms with Gasteiger partial charge in [-0.3, -0.25) is 0 Å². The smallest absolute Gasteiger partial charge is 0.0564 e. The van der Waals surface area contributed by atoms with Gasteiger partial charge in [-0.2, -0.15) is 11.8 Å².